The van der Waals surface area contributed by atoms with Gasteiger partial charge < -0.3 is 18.8 Å². The van der Waals surface area contributed by atoms with E-state index in [1.807, 2.05) is 30.3 Å². The van der Waals surface area contributed by atoms with Crippen LogP contribution in [0.25, 0.3) is 0 Å². The molecule has 3 atom stereocenters. The van der Waals surface area contributed by atoms with Crippen molar-refractivity contribution in [2.75, 3.05) is 13.2 Å². The molecule has 1 aromatic carbocycles. The molecular formula is C25H39NO5Si. The third-order valence-corrected chi connectivity index (χ3v) is 11.0. The lowest BCUT2D eigenvalue weighted by Gasteiger charge is -2.41. The minimum absolute atomic E-state index is 0.0106. The molecule has 1 heterocycles. The zero-order valence-corrected chi connectivity index (χ0v) is 21.4. The summed E-state index contributed by atoms with van der Waals surface area (Å²) in [6, 6.07) is 9.11. The highest BCUT2D eigenvalue weighted by atomic mass is 28.4. The number of benzene rings is 1. The molecule has 7 heteroatoms. The molecule has 1 amide bonds. The van der Waals surface area contributed by atoms with Crippen LogP contribution in [0.4, 0.5) is 4.79 Å². The number of ether oxygens (including phenoxy) is 2. The van der Waals surface area contributed by atoms with E-state index in [4.69, 9.17) is 13.9 Å². The minimum Gasteiger partial charge on any atom is -0.466 e. The molecule has 0 saturated carbocycles. The molecule has 0 aliphatic carbocycles. The number of hydrogen-bond acceptors (Lipinski definition) is 5. The summed E-state index contributed by atoms with van der Waals surface area (Å²) in [6.45, 7) is 17.5. The van der Waals surface area contributed by atoms with Crippen molar-refractivity contribution in [1.82, 2.24) is 4.90 Å². The Morgan fingerprint density at radius 2 is 1.88 bits per heavy atom. The quantitative estimate of drug-likeness (QED) is 0.274. The van der Waals surface area contributed by atoms with E-state index in [0.717, 1.165) is 5.56 Å². The average Bonchev–Trinajstić information content (AvgIpc) is 3.12. The predicted molar refractivity (Wildman–Crippen MR) is 129 cm³/mol. The first-order valence-electron chi connectivity index (χ1n) is 11.4. The summed E-state index contributed by atoms with van der Waals surface area (Å²) in [7, 11) is -2.13. The number of carbonyl (C=O) groups excluding carboxylic acids is 2. The van der Waals surface area contributed by atoms with E-state index in [9.17, 15) is 9.59 Å². The van der Waals surface area contributed by atoms with Crippen LogP contribution in [0.15, 0.2) is 43.0 Å². The van der Waals surface area contributed by atoms with Gasteiger partial charge in [-0.3, -0.25) is 4.79 Å². The molecule has 6 nitrogen and oxygen atoms in total. The second kappa shape index (κ2) is 11.1. The Morgan fingerprint density at radius 1 is 1.22 bits per heavy atom. The van der Waals surface area contributed by atoms with Crippen LogP contribution in [0.5, 0.6) is 0 Å². The van der Waals surface area contributed by atoms with Crippen molar-refractivity contribution in [3.8, 4) is 0 Å². The monoisotopic (exact) mass is 461 g/mol. The molecule has 0 spiro atoms. The van der Waals surface area contributed by atoms with Crippen molar-refractivity contribution >= 4 is 20.4 Å². The molecule has 2 rings (SSSR count). The molecule has 0 aromatic heterocycles. The lowest BCUT2D eigenvalue weighted by atomic mass is 9.92. The van der Waals surface area contributed by atoms with Crippen molar-refractivity contribution in [3.63, 3.8) is 0 Å². The van der Waals surface area contributed by atoms with Gasteiger partial charge in [0.05, 0.1) is 24.7 Å². The molecule has 1 unspecified atom stereocenters. The molecule has 1 aliphatic rings. The number of carbonyl (C=O) groups is 2. The van der Waals surface area contributed by atoms with Gasteiger partial charge in [0.2, 0.25) is 0 Å². The van der Waals surface area contributed by atoms with E-state index in [2.05, 4.69) is 40.4 Å². The highest BCUT2D eigenvalue weighted by Gasteiger charge is 2.49. The minimum atomic E-state index is -2.13. The van der Waals surface area contributed by atoms with E-state index in [1.54, 1.807) is 17.9 Å². The summed E-state index contributed by atoms with van der Waals surface area (Å²) in [4.78, 5) is 27.6. The van der Waals surface area contributed by atoms with Gasteiger partial charge in [-0.1, -0.05) is 57.2 Å². The van der Waals surface area contributed by atoms with E-state index >= 15 is 0 Å². The van der Waals surface area contributed by atoms with Crippen LogP contribution in [-0.2, 0) is 25.3 Å². The van der Waals surface area contributed by atoms with Crippen molar-refractivity contribution in [2.24, 2.45) is 5.92 Å². The van der Waals surface area contributed by atoms with Crippen molar-refractivity contribution in [3.05, 3.63) is 48.6 Å². The smallest absolute Gasteiger partial charge is 0.410 e. The fourth-order valence-corrected chi connectivity index (χ4v) is 5.13. The van der Waals surface area contributed by atoms with Crippen LogP contribution in [0, 0.1) is 5.92 Å². The number of amides is 1. The first-order valence-corrected chi connectivity index (χ1v) is 14.3. The Hall–Kier alpha value is -2.12. The van der Waals surface area contributed by atoms with Crippen LogP contribution in [-0.4, -0.2) is 50.6 Å². The Bertz CT molecular complexity index is 774. The fourth-order valence-electron chi connectivity index (χ4n) is 3.77. The largest absolute Gasteiger partial charge is 0.466 e. The van der Waals surface area contributed by atoms with Crippen LogP contribution in [0.1, 0.15) is 46.1 Å². The van der Waals surface area contributed by atoms with Gasteiger partial charge in [0.15, 0.2) is 8.32 Å². The second-order valence-corrected chi connectivity index (χ2v) is 14.6. The molecule has 178 valence electrons. The molecule has 1 fully saturated rings. The van der Waals surface area contributed by atoms with Gasteiger partial charge >= 0.3 is 12.1 Å². The third-order valence-electron chi connectivity index (χ3n) is 6.51. The Balaban J connectivity index is 2.29. The lowest BCUT2D eigenvalue weighted by Crippen LogP contribution is -2.52. The summed E-state index contributed by atoms with van der Waals surface area (Å²) >= 11 is 0. The Kier molecular flexibility index (Phi) is 9.10. The topological polar surface area (TPSA) is 65.1 Å². The highest BCUT2D eigenvalue weighted by molar-refractivity contribution is 6.74. The van der Waals surface area contributed by atoms with Gasteiger partial charge in [0.25, 0.3) is 0 Å². The van der Waals surface area contributed by atoms with Gasteiger partial charge in [-0.05, 0) is 43.5 Å². The number of likely N-dealkylation sites (tertiary alicyclic amines) is 1. The molecular weight excluding hydrogens is 422 g/mol. The molecule has 0 radical (unpaired) electrons. The molecule has 1 saturated heterocycles. The van der Waals surface area contributed by atoms with Gasteiger partial charge in [-0.2, -0.15) is 0 Å². The van der Waals surface area contributed by atoms with Crippen LogP contribution in [0.2, 0.25) is 18.1 Å². The first-order chi connectivity index (χ1) is 15.0. The maximum absolute atomic E-state index is 13.1. The van der Waals surface area contributed by atoms with Crippen LogP contribution >= 0.6 is 0 Å². The van der Waals surface area contributed by atoms with Crippen LogP contribution in [0.3, 0.4) is 0 Å². The Labute approximate surface area is 194 Å². The third kappa shape index (κ3) is 6.45. The number of esters is 1. The summed E-state index contributed by atoms with van der Waals surface area (Å²) < 4.78 is 17.7. The zero-order chi connectivity index (χ0) is 23.9. The fraction of sp³-hybridized carbons (Fsp3) is 0.600. The van der Waals surface area contributed by atoms with Crippen molar-refractivity contribution < 1.29 is 23.5 Å². The number of rotatable bonds is 9. The molecule has 1 aliphatic heterocycles. The number of allylic oxidation sites excluding steroid dienone is 1. The van der Waals surface area contributed by atoms with E-state index in [1.165, 1.54) is 0 Å². The maximum atomic E-state index is 13.1. The standard InChI is InChI=1S/C25H39NO5Si/c1-8-13-20(23(27)29-9-2)22-21(31-32(6,7)25(3,4)5)16-17-26(22)24(28)30-18-19-14-11-10-12-15-19/h8,10-12,14-15,20-22H,1,9,13,16-18H2,2-7H3/t20?,21-,22+/m0/s1. The average molecular weight is 462 g/mol. The zero-order valence-electron chi connectivity index (χ0n) is 20.4. The second-order valence-electron chi connectivity index (χ2n) is 9.81. The van der Waals surface area contributed by atoms with Crippen molar-refractivity contribution in [1.29, 1.82) is 0 Å². The molecule has 1 aromatic rings. The van der Waals surface area contributed by atoms with Gasteiger partial charge in [-0.15, -0.1) is 6.58 Å². The summed E-state index contributed by atoms with van der Waals surface area (Å²) in [5, 5.41) is 0.0106. The van der Waals surface area contributed by atoms with Gasteiger partial charge in [0.1, 0.15) is 6.61 Å². The molecule has 0 N–H and O–H groups in total. The van der Waals surface area contributed by atoms with Gasteiger partial charge in [0, 0.05) is 6.54 Å². The first kappa shape index (κ1) is 26.1. The lowest BCUT2D eigenvalue weighted by molar-refractivity contribution is -0.151. The van der Waals surface area contributed by atoms with E-state index < -0.39 is 26.4 Å². The molecule has 0 bridgehead atoms. The van der Waals surface area contributed by atoms with Crippen molar-refractivity contribution in [2.45, 2.75) is 77.4 Å². The maximum Gasteiger partial charge on any atom is 0.410 e. The summed E-state index contributed by atoms with van der Waals surface area (Å²) in [6.07, 6.45) is 2.08. The Morgan fingerprint density at radius 3 is 2.44 bits per heavy atom. The highest BCUT2D eigenvalue weighted by Crippen LogP contribution is 2.41. The van der Waals surface area contributed by atoms with Crippen LogP contribution < -0.4 is 0 Å². The number of hydrogen-bond donors (Lipinski definition) is 0. The molecule has 32 heavy (non-hydrogen) atoms. The SMILES string of the molecule is C=CCC(C(=O)OCC)[C@@H]1[C@@H](O[Si](C)(C)C(C)(C)C)CCN1C(=O)OCc1ccccc1. The van der Waals surface area contributed by atoms with E-state index in [-0.39, 0.29) is 30.3 Å². The number of nitrogens with zero attached hydrogens (tertiary/aromatic N) is 1. The summed E-state index contributed by atoms with van der Waals surface area (Å²) in [5.74, 6) is -0.877. The van der Waals surface area contributed by atoms with Gasteiger partial charge in [-0.25, -0.2) is 4.79 Å². The van der Waals surface area contributed by atoms with E-state index in [0.29, 0.717) is 19.4 Å². The normalized spacial score (nSPS) is 20.0. The predicted octanol–water partition coefficient (Wildman–Crippen LogP) is 5.54. The summed E-state index contributed by atoms with van der Waals surface area (Å²) in [5.41, 5.74) is 0.915.